The molecule has 3 rings (SSSR count). The summed E-state index contributed by atoms with van der Waals surface area (Å²) in [6.07, 6.45) is 2.23. The molecule has 0 spiro atoms. The molecule has 0 aliphatic carbocycles. The fourth-order valence-electron chi connectivity index (χ4n) is 2.53. The smallest absolute Gasteiger partial charge is 0.136 e. The first-order valence-corrected chi connectivity index (χ1v) is 7.74. The normalized spacial score (nSPS) is 15.2. The van der Waals surface area contributed by atoms with E-state index in [1.807, 2.05) is 36.4 Å². The van der Waals surface area contributed by atoms with E-state index in [0.29, 0.717) is 0 Å². The fraction of sp³-hybridized carbons (Fsp3) is 0.222. The highest BCUT2D eigenvalue weighted by Crippen LogP contribution is 2.16. The third-order valence-corrected chi connectivity index (χ3v) is 4.06. The maximum atomic E-state index is 5.72. The van der Waals surface area contributed by atoms with Gasteiger partial charge in [-0.05, 0) is 12.8 Å². The van der Waals surface area contributed by atoms with Crippen molar-refractivity contribution in [2.45, 2.75) is 12.8 Å². The van der Waals surface area contributed by atoms with Gasteiger partial charge in [0.1, 0.15) is 10.8 Å². The predicted octanol–water partition coefficient (Wildman–Crippen LogP) is 3.90. The zero-order chi connectivity index (χ0) is 14.5. The highest BCUT2D eigenvalue weighted by Gasteiger charge is 2.20. The number of nitrogens with zero attached hydrogens (tertiary/aromatic N) is 2. The van der Waals surface area contributed by atoms with Crippen LogP contribution < -0.4 is 0 Å². The minimum absolute atomic E-state index is 0.861. The van der Waals surface area contributed by atoms with Gasteiger partial charge in [-0.3, -0.25) is 4.99 Å². The number of amidine groups is 1. The second-order valence-electron chi connectivity index (χ2n) is 5.10. The van der Waals surface area contributed by atoms with E-state index < -0.39 is 0 Å². The molecular weight excluding hydrogens is 276 g/mol. The quantitative estimate of drug-likeness (QED) is 0.781. The lowest BCUT2D eigenvalue weighted by Crippen LogP contribution is -2.37. The summed E-state index contributed by atoms with van der Waals surface area (Å²) in [6.45, 7) is 1.81. The molecule has 0 fully saturated rings. The number of thiocarbonyl (C=S) groups is 1. The molecule has 1 aliphatic rings. The third kappa shape index (κ3) is 3.19. The van der Waals surface area contributed by atoms with Gasteiger partial charge in [-0.25, -0.2) is 0 Å². The van der Waals surface area contributed by atoms with Gasteiger partial charge < -0.3 is 4.90 Å². The SMILES string of the molecule is S=C(c1ccccc1)N1CCCCN=C1c1ccccc1. The molecular formula is C18H18N2S. The van der Waals surface area contributed by atoms with Crippen molar-refractivity contribution in [1.29, 1.82) is 0 Å². The van der Waals surface area contributed by atoms with Crippen LogP contribution >= 0.6 is 12.2 Å². The van der Waals surface area contributed by atoms with Crippen LogP contribution in [0.5, 0.6) is 0 Å². The van der Waals surface area contributed by atoms with Crippen molar-refractivity contribution in [3.05, 3.63) is 71.8 Å². The van der Waals surface area contributed by atoms with Gasteiger partial charge in [0.15, 0.2) is 0 Å². The lowest BCUT2D eigenvalue weighted by Gasteiger charge is -2.25. The Labute approximate surface area is 131 Å². The van der Waals surface area contributed by atoms with Gasteiger partial charge in [0, 0.05) is 24.2 Å². The van der Waals surface area contributed by atoms with Gasteiger partial charge in [0.25, 0.3) is 0 Å². The summed E-state index contributed by atoms with van der Waals surface area (Å²) < 4.78 is 0. The maximum absolute atomic E-state index is 5.72. The summed E-state index contributed by atoms with van der Waals surface area (Å²) >= 11 is 5.72. The Morgan fingerprint density at radius 2 is 1.57 bits per heavy atom. The number of benzene rings is 2. The fourth-order valence-corrected chi connectivity index (χ4v) is 2.84. The molecule has 0 N–H and O–H groups in total. The van der Waals surface area contributed by atoms with Crippen LogP contribution in [0.4, 0.5) is 0 Å². The first-order valence-electron chi connectivity index (χ1n) is 7.33. The number of hydrogen-bond donors (Lipinski definition) is 0. The van der Waals surface area contributed by atoms with Crippen LogP contribution in [0.25, 0.3) is 0 Å². The topological polar surface area (TPSA) is 15.6 Å². The Kier molecular flexibility index (Phi) is 4.41. The molecule has 21 heavy (non-hydrogen) atoms. The Morgan fingerprint density at radius 3 is 2.29 bits per heavy atom. The monoisotopic (exact) mass is 294 g/mol. The Balaban J connectivity index is 1.96. The molecule has 3 heteroatoms. The van der Waals surface area contributed by atoms with Gasteiger partial charge in [-0.2, -0.15) is 0 Å². The predicted molar refractivity (Wildman–Crippen MR) is 91.9 cm³/mol. The van der Waals surface area contributed by atoms with E-state index in [4.69, 9.17) is 17.2 Å². The van der Waals surface area contributed by atoms with Gasteiger partial charge in [-0.15, -0.1) is 0 Å². The Morgan fingerprint density at radius 1 is 0.905 bits per heavy atom. The zero-order valence-electron chi connectivity index (χ0n) is 11.9. The molecule has 0 atom stereocenters. The van der Waals surface area contributed by atoms with Crippen molar-refractivity contribution in [3.63, 3.8) is 0 Å². The van der Waals surface area contributed by atoms with Crippen LogP contribution in [0, 0.1) is 0 Å². The van der Waals surface area contributed by atoms with E-state index in [1.54, 1.807) is 0 Å². The number of rotatable bonds is 2. The van der Waals surface area contributed by atoms with Crippen LogP contribution in [-0.4, -0.2) is 28.8 Å². The lowest BCUT2D eigenvalue weighted by molar-refractivity contribution is 0.591. The van der Waals surface area contributed by atoms with E-state index >= 15 is 0 Å². The first-order chi connectivity index (χ1) is 10.4. The minimum atomic E-state index is 0.861. The van der Waals surface area contributed by atoms with E-state index in [2.05, 4.69) is 29.2 Å². The molecule has 0 amide bonds. The average Bonchev–Trinajstić information content (AvgIpc) is 2.81. The molecule has 106 valence electrons. The molecule has 0 saturated heterocycles. The van der Waals surface area contributed by atoms with Crippen molar-refractivity contribution >= 4 is 23.0 Å². The summed E-state index contributed by atoms with van der Waals surface area (Å²) in [4.78, 5) is 7.83. The van der Waals surface area contributed by atoms with Crippen molar-refractivity contribution < 1.29 is 0 Å². The van der Waals surface area contributed by atoms with Gasteiger partial charge >= 0.3 is 0 Å². The molecule has 2 aromatic rings. The Bertz CT molecular complexity index is 635. The summed E-state index contributed by atoms with van der Waals surface area (Å²) in [5.41, 5.74) is 2.22. The van der Waals surface area contributed by atoms with Crippen molar-refractivity contribution in [3.8, 4) is 0 Å². The maximum Gasteiger partial charge on any atom is 0.136 e. The average molecular weight is 294 g/mol. The molecule has 0 bridgehead atoms. The van der Waals surface area contributed by atoms with E-state index in [0.717, 1.165) is 47.9 Å². The molecule has 2 nitrogen and oxygen atoms in total. The van der Waals surface area contributed by atoms with Crippen molar-refractivity contribution in [2.75, 3.05) is 13.1 Å². The molecule has 2 aromatic carbocycles. The molecule has 0 aromatic heterocycles. The second kappa shape index (κ2) is 6.64. The van der Waals surface area contributed by atoms with E-state index in [-0.39, 0.29) is 0 Å². The zero-order valence-corrected chi connectivity index (χ0v) is 12.7. The molecule has 0 unspecified atom stereocenters. The standard InChI is InChI=1S/C18H18N2S/c21-18(16-11-5-2-6-12-16)20-14-8-7-13-19-17(20)15-9-3-1-4-10-15/h1-6,9-12H,7-8,13-14H2. The van der Waals surface area contributed by atoms with Gasteiger partial charge in [-0.1, -0.05) is 72.9 Å². The molecule has 1 aliphatic heterocycles. The Hall–Kier alpha value is -2.00. The minimum Gasteiger partial charge on any atom is -0.317 e. The first kappa shape index (κ1) is 14.0. The summed E-state index contributed by atoms with van der Waals surface area (Å²) in [5, 5.41) is 0. The van der Waals surface area contributed by atoms with E-state index in [1.165, 1.54) is 0 Å². The highest BCUT2D eigenvalue weighted by atomic mass is 32.1. The van der Waals surface area contributed by atoms with Crippen molar-refractivity contribution in [1.82, 2.24) is 4.90 Å². The molecule has 0 radical (unpaired) electrons. The molecule has 0 saturated carbocycles. The van der Waals surface area contributed by atoms with Crippen LogP contribution in [0.1, 0.15) is 24.0 Å². The summed E-state index contributed by atoms with van der Waals surface area (Å²) in [6, 6.07) is 20.5. The highest BCUT2D eigenvalue weighted by molar-refractivity contribution is 7.80. The molecule has 1 heterocycles. The largest absolute Gasteiger partial charge is 0.317 e. The third-order valence-electron chi connectivity index (χ3n) is 3.60. The van der Waals surface area contributed by atoms with Crippen LogP contribution in [0.3, 0.4) is 0 Å². The summed E-state index contributed by atoms with van der Waals surface area (Å²) in [5.74, 6) is 1.00. The second-order valence-corrected chi connectivity index (χ2v) is 5.49. The van der Waals surface area contributed by atoms with Crippen LogP contribution in [0.2, 0.25) is 0 Å². The lowest BCUT2D eigenvalue weighted by atomic mass is 10.1. The van der Waals surface area contributed by atoms with Gasteiger partial charge in [0.05, 0.1) is 0 Å². The van der Waals surface area contributed by atoms with Crippen molar-refractivity contribution in [2.24, 2.45) is 4.99 Å². The number of hydrogen-bond acceptors (Lipinski definition) is 2. The van der Waals surface area contributed by atoms with Gasteiger partial charge in [0.2, 0.25) is 0 Å². The van der Waals surface area contributed by atoms with Crippen LogP contribution in [-0.2, 0) is 0 Å². The number of aliphatic imine (C=N–C) groups is 1. The van der Waals surface area contributed by atoms with Crippen LogP contribution in [0.15, 0.2) is 65.7 Å². The van der Waals surface area contributed by atoms with E-state index in [9.17, 15) is 0 Å². The summed E-state index contributed by atoms with van der Waals surface area (Å²) in [7, 11) is 0.